The topological polar surface area (TPSA) is 76.2 Å². The molecule has 0 saturated heterocycles. The first-order valence-corrected chi connectivity index (χ1v) is 5.37. The zero-order chi connectivity index (χ0) is 12.5. The quantitative estimate of drug-likeness (QED) is 0.592. The van der Waals surface area contributed by atoms with Gasteiger partial charge in [-0.3, -0.25) is 10.1 Å². The van der Waals surface area contributed by atoms with Crippen molar-refractivity contribution in [2.75, 3.05) is 7.11 Å². The van der Waals surface area contributed by atoms with Gasteiger partial charge in [0.1, 0.15) is 5.75 Å². The van der Waals surface area contributed by atoms with E-state index in [-0.39, 0.29) is 5.69 Å². The van der Waals surface area contributed by atoms with E-state index in [0.717, 1.165) is 6.42 Å². The monoisotopic (exact) mass is 232 g/mol. The highest BCUT2D eigenvalue weighted by Gasteiger charge is 2.43. The summed E-state index contributed by atoms with van der Waals surface area (Å²) in [6.45, 7) is 0. The number of nitro groups is 1. The van der Waals surface area contributed by atoms with Crippen LogP contribution in [0.5, 0.6) is 5.75 Å². The lowest BCUT2D eigenvalue weighted by Gasteiger charge is -2.35. The Labute approximate surface area is 98.8 Å². The first-order valence-electron chi connectivity index (χ1n) is 5.37. The van der Waals surface area contributed by atoms with Crippen LogP contribution in [0.4, 0.5) is 5.69 Å². The van der Waals surface area contributed by atoms with Gasteiger partial charge in [-0.05, 0) is 31.4 Å². The molecular formula is C12H12N2O3. The van der Waals surface area contributed by atoms with Crippen molar-refractivity contribution in [2.24, 2.45) is 0 Å². The van der Waals surface area contributed by atoms with Gasteiger partial charge in [-0.15, -0.1) is 0 Å². The molecule has 0 radical (unpaired) electrons. The number of hydrogen-bond donors (Lipinski definition) is 0. The highest BCUT2D eigenvalue weighted by atomic mass is 16.6. The summed E-state index contributed by atoms with van der Waals surface area (Å²) in [6, 6.07) is 6.78. The highest BCUT2D eigenvalue weighted by Crippen LogP contribution is 2.47. The third kappa shape index (κ3) is 1.72. The molecular weight excluding hydrogens is 220 g/mol. The maximum absolute atomic E-state index is 11.0. The number of nitro benzene ring substituents is 1. The maximum atomic E-state index is 11.0. The van der Waals surface area contributed by atoms with Crippen molar-refractivity contribution in [2.45, 2.75) is 24.7 Å². The molecule has 0 heterocycles. The first-order chi connectivity index (χ1) is 8.13. The molecule has 0 atom stereocenters. The molecule has 1 aromatic rings. The maximum Gasteiger partial charge on any atom is 0.274 e. The van der Waals surface area contributed by atoms with E-state index in [1.165, 1.54) is 13.2 Å². The van der Waals surface area contributed by atoms with Crippen LogP contribution >= 0.6 is 0 Å². The summed E-state index contributed by atoms with van der Waals surface area (Å²) in [5.74, 6) is 0.548. The molecule has 88 valence electrons. The van der Waals surface area contributed by atoms with Gasteiger partial charge in [-0.25, -0.2) is 0 Å². The molecule has 1 fully saturated rings. The lowest BCUT2D eigenvalue weighted by atomic mass is 9.65. The van der Waals surface area contributed by atoms with Gasteiger partial charge in [0.05, 0.1) is 29.1 Å². The van der Waals surface area contributed by atoms with E-state index in [1.807, 2.05) is 0 Å². The molecule has 5 heteroatoms. The summed E-state index contributed by atoms with van der Waals surface area (Å²) in [5, 5.41) is 20.2. The molecule has 1 aliphatic rings. The first kappa shape index (κ1) is 11.4. The van der Waals surface area contributed by atoms with E-state index in [9.17, 15) is 15.4 Å². The molecule has 1 aliphatic carbocycles. The second-order valence-electron chi connectivity index (χ2n) is 4.19. The Kier molecular flexibility index (Phi) is 2.72. The Morgan fingerprint density at radius 1 is 1.53 bits per heavy atom. The van der Waals surface area contributed by atoms with Crippen LogP contribution in [0, 0.1) is 21.4 Å². The fourth-order valence-corrected chi connectivity index (χ4v) is 2.16. The summed E-state index contributed by atoms with van der Waals surface area (Å²) in [5.41, 5.74) is -0.209. The van der Waals surface area contributed by atoms with Crippen LogP contribution in [-0.4, -0.2) is 12.0 Å². The van der Waals surface area contributed by atoms with Crippen molar-refractivity contribution >= 4 is 5.69 Å². The van der Waals surface area contributed by atoms with Crippen LogP contribution in [0.25, 0.3) is 0 Å². The third-order valence-corrected chi connectivity index (χ3v) is 3.34. The van der Waals surface area contributed by atoms with Gasteiger partial charge in [0.25, 0.3) is 5.69 Å². The SMILES string of the molecule is COc1ccc([N+](=O)[O-])c(C2(C#N)CCC2)c1. The highest BCUT2D eigenvalue weighted by molar-refractivity contribution is 5.53. The normalized spacial score (nSPS) is 16.7. The van der Waals surface area contributed by atoms with Gasteiger partial charge >= 0.3 is 0 Å². The van der Waals surface area contributed by atoms with Gasteiger partial charge in [-0.2, -0.15) is 5.26 Å². The second-order valence-corrected chi connectivity index (χ2v) is 4.19. The number of nitrogens with zero attached hydrogens (tertiary/aromatic N) is 2. The fraction of sp³-hybridized carbons (Fsp3) is 0.417. The molecule has 1 saturated carbocycles. The standard InChI is InChI=1S/C12H12N2O3/c1-17-9-3-4-11(14(15)16)10(7-9)12(8-13)5-2-6-12/h3-4,7H,2,5-6H2,1H3. The average Bonchev–Trinajstić information content (AvgIpc) is 2.28. The van der Waals surface area contributed by atoms with Crippen molar-refractivity contribution in [3.63, 3.8) is 0 Å². The van der Waals surface area contributed by atoms with E-state index in [0.29, 0.717) is 24.2 Å². The summed E-state index contributed by atoms with van der Waals surface area (Å²) >= 11 is 0. The Bertz CT molecular complexity index is 501. The number of methoxy groups -OCH3 is 1. The van der Waals surface area contributed by atoms with Crippen molar-refractivity contribution in [1.82, 2.24) is 0 Å². The van der Waals surface area contributed by atoms with Crippen LogP contribution in [0.2, 0.25) is 0 Å². The van der Waals surface area contributed by atoms with Gasteiger partial charge < -0.3 is 4.74 Å². The molecule has 1 aromatic carbocycles. The lowest BCUT2D eigenvalue weighted by Crippen LogP contribution is -2.33. The van der Waals surface area contributed by atoms with Crippen molar-refractivity contribution in [1.29, 1.82) is 5.26 Å². The zero-order valence-corrected chi connectivity index (χ0v) is 9.47. The molecule has 0 unspecified atom stereocenters. The smallest absolute Gasteiger partial charge is 0.274 e. The van der Waals surface area contributed by atoms with E-state index >= 15 is 0 Å². The predicted octanol–water partition coefficient (Wildman–Crippen LogP) is 2.55. The number of hydrogen-bond acceptors (Lipinski definition) is 4. The van der Waals surface area contributed by atoms with Crippen LogP contribution < -0.4 is 4.74 Å². The van der Waals surface area contributed by atoms with Crippen LogP contribution in [0.15, 0.2) is 18.2 Å². The lowest BCUT2D eigenvalue weighted by molar-refractivity contribution is -0.386. The average molecular weight is 232 g/mol. The van der Waals surface area contributed by atoms with Crippen molar-refractivity contribution < 1.29 is 9.66 Å². The van der Waals surface area contributed by atoms with E-state index in [1.54, 1.807) is 12.1 Å². The molecule has 2 rings (SSSR count). The van der Waals surface area contributed by atoms with E-state index in [2.05, 4.69) is 6.07 Å². The number of rotatable bonds is 3. The van der Waals surface area contributed by atoms with E-state index in [4.69, 9.17) is 4.74 Å². The minimum atomic E-state index is -0.697. The number of nitriles is 1. The Morgan fingerprint density at radius 2 is 2.24 bits per heavy atom. The predicted molar refractivity (Wildman–Crippen MR) is 60.8 cm³/mol. The minimum absolute atomic E-state index is 0.00653. The second kappa shape index (κ2) is 4.06. The Balaban J connectivity index is 2.57. The van der Waals surface area contributed by atoms with Crippen LogP contribution in [0.3, 0.4) is 0 Å². The van der Waals surface area contributed by atoms with Crippen molar-refractivity contribution in [3.8, 4) is 11.8 Å². The van der Waals surface area contributed by atoms with Gasteiger partial charge in [0.2, 0.25) is 0 Å². The Hall–Kier alpha value is -2.09. The van der Waals surface area contributed by atoms with Crippen molar-refractivity contribution in [3.05, 3.63) is 33.9 Å². The molecule has 0 aliphatic heterocycles. The largest absolute Gasteiger partial charge is 0.497 e. The molecule has 0 aromatic heterocycles. The number of ether oxygens (including phenoxy) is 1. The summed E-state index contributed by atoms with van der Waals surface area (Å²) < 4.78 is 5.07. The molecule has 17 heavy (non-hydrogen) atoms. The summed E-state index contributed by atoms with van der Waals surface area (Å²) in [4.78, 5) is 10.5. The van der Waals surface area contributed by atoms with Crippen LogP contribution in [-0.2, 0) is 5.41 Å². The Morgan fingerprint density at radius 3 is 2.65 bits per heavy atom. The minimum Gasteiger partial charge on any atom is -0.497 e. The van der Waals surface area contributed by atoms with Gasteiger partial charge in [-0.1, -0.05) is 0 Å². The molecule has 0 bridgehead atoms. The van der Waals surface area contributed by atoms with Gasteiger partial charge in [0.15, 0.2) is 0 Å². The molecule has 0 N–H and O–H groups in total. The fourth-order valence-electron chi connectivity index (χ4n) is 2.16. The van der Waals surface area contributed by atoms with E-state index < -0.39 is 10.3 Å². The zero-order valence-electron chi connectivity index (χ0n) is 9.47. The number of benzene rings is 1. The summed E-state index contributed by atoms with van der Waals surface area (Å²) in [7, 11) is 1.50. The molecule has 5 nitrogen and oxygen atoms in total. The molecule has 0 spiro atoms. The van der Waals surface area contributed by atoms with Gasteiger partial charge in [0, 0.05) is 6.07 Å². The third-order valence-electron chi connectivity index (χ3n) is 3.34. The molecule has 0 amide bonds. The van der Waals surface area contributed by atoms with Crippen LogP contribution in [0.1, 0.15) is 24.8 Å². The summed E-state index contributed by atoms with van der Waals surface area (Å²) in [6.07, 6.45) is 2.29.